The normalized spacial score (nSPS) is 21.7. The number of allylic oxidation sites excluding steroid dienone is 3. The quantitative estimate of drug-likeness (QED) is 0.494. The second-order valence-corrected chi connectivity index (χ2v) is 29.0. The van der Waals surface area contributed by atoms with Crippen LogP contribution in [0.15, 0.2) is 23.2 Å². The van der Waals surface area contributed by atoms with Crippen LogP contribution in [-0.2, 0) is 0 Å². The molecule has 0 N–H and O–H groups in total. The molecule has 1 rings (SSSR count). The van der Waals surface area contributed by atoms with E-state index in [9.17, 15) is 0 Å². The van der Waals surface area contributed by atoms with Gasteiger partial charge in [-0.2, -0.15) is 0 Å². The summed E-state index contributed by atoms with van der Waals surface area (Å²) in [6, 6.07) is 0. The summed E-state index contributed by atoms with van der Waals surface area (Å²) in [7, 11) is 0. The predicted octanol–water partition coefficient (Wildman–Crippen LogP) is 2.00. The molecule has 0 bridgehead atoms. The van der Waals surface area contributed by atoms with E-state index in [4.69, 9.17) is 0 Å². The first-order valence-electron chi connectivity index (χ1n) is 4.93. The third kappa shape index (κ3) is 8.83. The van der Waals surface area contributed by atoms with E-state index in [-0.39, 0.29) is 0 Å². The summed E-state index contributed by atoms with van der Waals surface area (Å²) >= 11 is 4.00. The second-order valence-electron chi connectivity index (χ2n) is 3.01. The molecule has 0 saturated carbocycles. The van der Waals surface area contributed by atoms with Crippen LogP contribution in [0.4, 0.5) is 0 Å². The molecule has 1 heterocycles. The first-order chi connectivity index (χ1) is 7.00. The summed E-state index contributed by atoms with van der Waals surface area (Å²) in [6.07, 6.45) is 14.0. The van der Waals surface area contributed by atoms with Crippen LogP contribution in [-0.4, -0.2) is 48.9 Å². The molecule has 0 aliphatic carbocycles. The van der Waals surface area contributed by atoms with Crippen molar-refractivity contribution in [3.8, 4) is 0 Å². The van der Waals surface area contributed by atoms with Gasteiger partial charge in [0.25, 0.3) is 0 Å². The van der Waals surface area contributed by atoms with E-state index in [1.54, 1.807) is 5.32 Å². The van der Waals surface area contributed by atoms with Crippen LogP contribution in [0, 0.1) is 0 Å². The predicted molar refractivity (Wildman–Crippen MR) is 69.2 cm³/mol. The molecule has 0 radical (unpaired) electrons. The number of hydrogen-bond donors (Lipinski definition) is 0. The van der Waals surface area contributed by atoms with E-state index in [2.05, 4.69) is 23.2 Å². The average molecular weight is 452 g/mol. The summed E-state index contributed by atoms with van der Waals surface area (Å²) in [5.74, 6) is 0. The van der Waals surface area contributed by atoms with Gasteiger partial charge in [-0.15, -0.1) is 0 Å². The molecule has 0 unspecified atom stereocenters. The van der Waals surface area contributed by atoms with Crippen molar-refractivity contribution < 1.29 is 0 Å². The molecule has 0 nitrogen and oxygen atoms in total. The fraction of sp³-hybridized carbons (Fsp3) is 0.600. The van der Waals surface area contributed by atoms with E-state index < -0.39 is 0 Å². The minimum absolute atomic E-state index is 0.864. The molecular weight excluding hydrogens is 436 g/mol. The van der Waals surface area contributed by atoms with Crippen molar-refractivity contribution in [3.63, 3.8) is 0 Å². The maximum atomic E-state index is 2.42. The Balaban J connectivity index is 2.17. The van der Waals surface area contributed by atoms with Crippen molar-refractivity contribution >= 4 is 48.9 Å². The standard InChI is InChI=1S/C10H16Se4/c1-2-4-6-8-10-12-14-13-11-9-7-5-3-1/h3,5,7,9H,1-2,4,6,8,10H2. The summed E-state index contributed by atoms with van der Waals surface area (Å²) < 4.78 is 0. The zero-order valence-corrected chi connectivity index (χ0v) is 15.0. The molecule has 0 atom stereocenters. The van der Waals surface area contributed by atoms with Gasteiger partial charge in [-0.1, -0.05) is 0 Å². The van der Waals surface area contributed by atoms with Crippen LogP contribution in [0.2, 0.25) is 5.32 Å². The summed E-state index contributed by atoms with van der Waals surface area (Å²) in [5.41, 5.74) is 0. The molecule has 0 aromatic carbocycles. The first kappa shape index (κ1) is 13.6. The molecule has 0 amide bonds. The molecular formula is C10H16Se4. The van der Waals surface area contributed by atoms with Crippen LogP contribution >= 0.6 is 0 Å². The van der Waals surface area contributed by atoms with Gasteiger partial charge in [-0.3, -0.25) is 0 Å². The van der Waals surface area contributed by atoms with Gasteiger partial charge in [-0.25, -0.2) is 0 Å². The van der Waals surface area contributed by atoms with Crippen molar-refractivity contribution in [1.29, 1.82) is 0 Å². The van der Waals surface area contributed by atoms with Gasteiger partial charge in [0.05, 0.1) is 0 Å². The SMILES string of the molecule is C1=CCCCCCC[Se][Se][Se][Se]C=C1. The summed E-state index contributed by atoms with van der Waals surface area (Å²) in [6.45, 7) is 0. The van der Waals surface area contributed by atoms with Gasteiger partial charge < -0.3 is 0 Å². The van der Waals surface area contributed by atoms with Crippen LogP contribution < -0.4 is 0 Å². The molecule has 0 saturated heterocycles. The zero-order valence-electron chi connectivity index (χ0n) is 8.19. The van der Waals surface area contributed by atoms with Crippen molar-refractivity contribution in [1.82, 2.24) is 0 Å². The first-order valence-corrected chi connectivity index (χ1v) is 20.1. The van der Waals surface area contributed by atoms with Crippen molar-refractivity contribution in [2.75, 3.05) is 0 Å². The monoisotopic (exact) mass is 456 g/mol. The van der Waals surface area contributed by atoms with Crippen LogP contribution in [0.25, 0.3) is 0 Å². The van der Waals surface area contributed by atoms with Crippen molar-refractivity contribution in [2.45, 2.75) is 37.4 Å². The zero-order chi connectivity index (χ0) is 9.90. The topological polar surface area (TPSA) is 0 Å². The van der Waals surface area contributed by atoms with Crippen molar-refractivity contribution in [3.05, 3.63) is 23.2 Å². The van der Waals surface area contributed by atoms with E-state index in [1.807, 2.05) is 0 Å². The molecule has 0 fully saturated rings. The molecule has 4 heteroatoms. The maximum absolute atomic E-state index is 2.42. The van der Waals surface area contributed by atoms with E-state index in [1.165, 1.54) is 32.1 Å². The molecule has 0 aromatic heterocycles. The van der Waals surface area contributed by atoms with Crippen LogP contribution in [0.3, 0.4) is 0 Å². The number of hydrogen-bond acceptors (Lipinski definition) is 0. The van der Waals surface area contributed by atoms with Gasteiger partial charge in [0.15, 0.2) is 0 Å². The van der Waals surface area contributed by atoms with Crippen LogP contribution in [0.1, 0.15) is 32.1 Å². The Labute approximate surface area is 108 Å². The second kappa shape index (κ2) is 11.1. The Hall–Kier alpha value is 1.56. The van der Waals surface area contributed by atoms with E-state index in [0.29, 0.717) is 0 Å². The Kier molecular flexibility index (Phi) is 10.8. The van der Waals surface area contributed by atoms with Gasteiger partial charge in [0, 0.05) is 0 Å². The summed E-state index contributed by atoms with van der Waals surface area (Å²) in [5, 5.41) is 1.57. The fourth-order valence-corrected chi connectivity index (χ4v) is 38.0. The van der Waals surface area contributed by atoms with Crippen LogP contribution in [0.5, 0.6) is 0 Å². The molecule has 1 aliphatic rings. The minimum atomic E-state index is 0.864. The molecule has 0 aromatic rings. The Morgan fingerprint density at radius 1 is 0.857 bits per heavy atom. The van der Waals surface area contributed by atoms with Crippen molar-refractivity contribution in [2.24, 2.45) is 0 Å². The van der Waals surface area contributed by atoms with E-state index >= 15 is 0 Å². The Morgan fingerprint density at radius 3 is 2.79 bits per heavy atom. The van der Waals surface area contributed by atoms with Gasteiger partial charge in [0.1, 0.15) is 0 Å². The Morgan fingerprint density at radius 2 is 1.79 bits per heavy atom. The molecule has 80 valence electrons. The third-order valence-corrected chi connectivity index (χ3v) is 38.8. The van der Waals surface area contributed by atoms with Gasteiger partial charge in [-0.05, 0) is 0 Å². The fourth-order valence-electron chi connectivity index (χ4n) is 1.12. The van der Waals surface area contributed by atoms with Gasteiger partial charge >= 0.3 is 110 Å². The van der Waals surface area contributed by atoms with Gasteiger partial charge in [0.2, 0.25) is 0 Å². The Bertz CT molecular complexity index is 157. The van der Waals surface area contributed by atoms with E-state index in [0.717, 1.165) is 48.9 Å². The molecule has 0 spiro atoms. The summed E-state index contributed by atoms with van der Waals surface area (Å²) in [4.78, 5) is 2.42. The molecule has 14 heavy (non-hydrogen) atoms. The average Bonchev–Trinajstić information content (AvgIpc) is 2.22. The number of rotatable bonds is 0. The molecule has 1 aliphatic heterocycles. The third-order valence-electron chi connectivity index (χ3n) is 1.84.